The number of ether oxygens (including phenoxy) is 1. The third-order valence-corrected chi connectivity index (χ3v) is 4.06. The molecule has 1 unspecified atom stereocenters. The first-order valence-electron chi connectivity index (χ1n) is 8.28. The summed E-state index contributed by atoms with van der Waals surface area (Å²) in [7, 11) is 0. The largest absolute Gasteiger partial charge is 0.479 e. The number of carbonyl (C=O) groups excluding carboxylic acids is 1. The van der Waals surface area contributed by atoms with Gasteiger partial charge in [0.1, 0.15) is 17.3 Å². The Hall–Kier alpha value is -3.09. The van der Waals surface area contributed by atoms with Crippen LogP contribution in [0.5, 0.6) is 5.75 Å². The van der Waals surface area contributed by atoms with Crippen molar-refractivity contribution in [3.8, 4) is 17.1 Å². The minimum atomic E-state index is -0.525. The van der Waals surface area contributed by atoms with Crippen molar-refractivity contribution in [1.29, 1.82) is 0 Å². The van der Waals surface area contributed by atoms with Crippen molar-refractivity contribution >= 4 is 5.78 Å². The van der Waals surface area contributed by atoms with Gasteiger partial charge in [-0.05, 0) is 38.0 Å². The molecule has 0 bridgehead atoms. The van der Waals surface area contributed by atoms with Gasteiger partial charge < -0.3 is 9.26 Å². The molecule has 0 amide bonds. The highest BCUT2D eigenvalue weighted by molar-refractivity contribution is 5.97. The Morgan fingerprint density at radius 1 is 1.38 bits per heavy atom. The van der Waals surface area contributed by atoms with Gasteiger partial charge in [-0.3, -0.25) is 4.79 Å². The van der Waals surface area contributed by atoms with Crippen LogP contribution in [0.1, 0.15) is 42.2 Å². The third kappa shape index (κ3) is 3.46. The van der Waals surface area contributed by atoms with Crippen LogP contribution in [0, 0.1) is 17.8 Å². The molecule has 4 rings (SSSR count). The summed E-state index contributed by atoms with van der Waals surface area (Å²) < 4.78 is 24.2. The zero-order valence-electron chi connectivity index (χ0n) is 14.0. The van der Waals surface area contributed by atoms with Gasteiger partial charge in [0.25, 0.3) is 5.89 Å². The molecule has 1 radical (unpaired) electrons. The Balaban J connectivity index is 1.45. The Morgan fingerprint density at radius 3 is 2.92 bits per heavy atom. The molecule has 2 aromatic heterocycles. The number of halogens is 1. The van der Waals surface area contributed by atoms with Crippen LogP contribution < -0.4 is 4.74 Å². The van der Waals surface area contributed by atoms with Gasteiger partial charge in [-0.15, -0.1) is 0 Å². The number of pyridine rings is 1. The summed E-state index contributed by atoms with van der Waals surface area (Å²) in [6, 6.07) is 10.1. The molecule has 0 aliphatic heterocycles. The SMILES string of the molecule is CC(Oc1ccc(C(=O)C2CC2)nc1)c1nc(-c2cc[c]c(F)c2)no1. The van der Waals surface area contributed by atoms with Crippen molar-refractivity contribution in [3.63, 3.8) is 0 Å². The fraction of sp³-hybridized carbons (Fsp3) is 0.263. The fourth-order valence-corrected chi connectivity index (χ4v) is 2.50. The fourth-order valence-electron chi connectivity index (χ4n) is 2.50. The molecule has 1 saturated carbocycles. The smallest absolute Gasteiger partial charge is 0.267 e. The summed E-state index contributed by atoms with van der Waals surface area (Å²) in [5.74, 6) is 0.733. The van der Waals surface area contributed by atoms with E-state index in [4.69, 9.17) is 9.26 Å². The number of ketones is 1. The average Bonchev–Trinajstić information content (AvgIpc) is 3.38. The van der Waals surface area contributed by atoms with Crippen molar-refractivity contribution < 1.29 is 18.4 Å². The Kier molecular flexibility index (Phi) is 4.20. The second-order valence-electron chi connectivity index (χ2n) is 6.16. The van der Waals surface area contributed by atoms with Crippen LogP contribution in [-0.2, 0) is 0 Å². The first kappa shape index (κ1) is 16.4. The molecular formula is C19H15FN3O3. The molecule has 6 nitrogen and oxygen atoms in total. The quantitative estimate of drug-likeness (QED) is 0.628. The topological polar surface area (TPSA) is 78.1 Å². The van der Waals surface area contributed by atoms with Crippen LogP contribution in [0.3, 0.4) is 0 Å². The molecule has 7 heteroatoms. The predicted octanol–water partition coefficient (Wildman–Crippen LogP) is 3.80. The zero-order valence-corrected chi connectivity index (χ0v) is 14.0. The summed E-state index contributed by atoms with van der Waals surface area (Å²) in [6.07, 6.45) is 2.87. The number of carbonyl (C=O) groups is 1. The highest BCUT2D eigenvalue weighted by atomic mass is 19.1. The normalized spacial score (nSPS) is 14.8. The maximum atomic E-state index is 13.3. The third-order valence-electron chi connectivity index (χ3n) is 4.06. The summed E-state index contributed by atoms with van der Waals surface area (Å²) in [5.41, 5.74) is 0.948. The molecule has 1 aliphatic carbocycles. The zero-order chi connectivity index (χ0) is 18.1. The van der Waals surface area contributed by atoms with E-state index in [1.165, 1.54) is 18.3 Å². The average molecular weight is 352 g/mol. The Labute approximate surface area is 149 Å². The summed E-state index contributed by atoms with van der Waals surface area (Å²) in [5, 5.41) is 3.85. The van der Waals surface area contributed by atoms with Gasteiger partial charge in [-0.1, -0.05) is 17.3 Å². The number of benzene rings is 1. The lowest BCUT2D eigenvalue weighted by molar-refractivity contribution is 0.0962. The van der Waals surface area contributed by atoms with E-state index in [0.29, 0.717) is 17.0 Å². The molecule has 0 spiro atoms. The molecular weight excluding hydrogens is 337 g/mol. The van der Waals surface area contributed by atoms with Crippen LogP contribution >= 0.6 is 0 Å². The first-order chi connectivity index (χ1) is 12.6. The van der Waals surface area contributed by atoms with E-state index in [2.05, 4.69) is 21.2 Å². The molecule has 1 aromatic carbocycles. The van der Waals surface area contributed by atoms with Gasteiger partial charge in [-0.25, -0.2) is 9.37 Å². The molecule has 1 atom stereocenters. The van der Waals surface area contributed by atoms with Gasteiger partial charge in [-0.2, -0.15) is 4.98 Å². The lowest BCUT2D eigenvalue weighted by Gasteiger charge is -2.10. The van der Waals surface area contributed by atoms with Gasteiger partial charge in [0, 0.05) is 17.5 Å². The number of hydrogen-bond acceptors (Lipinski definition) is 6. The highest BCUT2D eigenvalue weighted by Crippen LogP contribution is 2.32. The van der Waals surface area contributed by atoms with Crippen molar-refractivity contribution in [2.24, 2.45) is 5.92 Å². The number of Topliss-reactive ketones (excluding diaryl/α,β-unsaturated/α-hetero) is 1. The predicted molar refractivity (Wildman–Crippen MR) is 88.9 cm³/mol. The molecule has 0 saturated heterocycles. The monoisotopic (exact) mass is 352 g/mol. The second-order valence-corrected chi connectivity index (χ2v) is 6.16. The molecule has 0 N–H and O–H groups in total. The summed E-state index contributed by atoms with van der Waals surface area (Å²) in [6.45, 7) is 1.75. The standard InChI is InChI=1S/C19H15FN3O3/c1-11(19-22-18(23-26-19)13-3-2-4-14(20)9-13)25-15-7-8-16(21-10-15)17(24)12-5-6-12/h2-3,7-12H,5-6H2,1H3. The lowest BCUT2D eigenvalue weighted by atomic mass is 10.2. The summed E-state index contributed by atoms with van der Waals surface area (Å²) >= 11 is 0. The van der Waals surface area contributed by atoms with E-state index < -0.39 is 11.9 Å². The van der Waals surface area contributed by atoms with Crippen molar-refractivity contribution in [1.82, 2.24) is 15.1 Å². The molecule has 3 aromatic rings. The molecule has 26 heavy (non-hydrogen) atoms. The van der Waals surface area contributed by atoms with Crippen molar-refractivity contribution in [3.05, 3.63) is 60.0 Å². The van der Waals surface area contributed by atoms with Gasteiger partial charge >= 0.3 is 0 Å². The van der Waals surface area contributed by atoms with E-state index >= 15 is 0 Å². The Bertz CT molecular complexity index is 935. The van der Waals surface area contributed by atoms with E-state index in [0.717, 1.165) is 12.8 Å². The van der Waals surface area contributed by atoms with Crippen molar-refractivity contribution in [2.45, 2.75) is 25.9 Å². The van der Waals surface area contributed by atoms with E-state index in [1.54, 1.807) is 25.1 Å². The molecule has 131 valence electrons. The maximum absolute atomic E-state index is 13.3. The van der Waals surface area contributed by atoms with Crippen LogP contribution in [0.15, 0.2) is 41.1 Å². The minimum Gasteiger partial charge on any atom is -0.479 e. The van der Waals surface area contributed by atoms with Gasteiger partial charge in [0.2, 0.25) is 5.82 Å². The first-order valence-corrected chi connectivity index (χ1v) is 8.28. The number of nitrogens with zero attached hydrogens (tertiary/aromatic N) is 3. The van der Waals surface area contributed by atoms with E-state index in [9.17, 15) is 9.18 Å². The van der Waals surface area contributed by atoms with Crippen molar-refractivity contribution in [2.75, 3.05) is 0 Å². The highest BCUT2D eigenvalue weighted by Gasteiger charge is 2.31. The van der Waals surface area contributed by atoms with Gasteiger partial charge in [0.15, 0.2) is 11.9 Å². The van der Waals surface area contributed by atoms with Gasteiger partial charge in [0.05, 0.1) is 6.20 Å². The molecule has 1 fully saturated rings. The van der Waals surface area contributed by atoms with Crippen LogP contribution in [0.4, 0.5) is 4.39 Å². The lowest BCUT2D eigenvalue weighted by Crippen LogP contribution is -2.06. The number of rotatable bonds is 6. The molecule has 1 aliphatic rings. The molecule has 2 heterocycles. The van der Waals surface area contributed by atoms with Crippen LogP contribution in [0.25, 0.3) is 11.4 Å². The maximum Gasteiger partial charge on any atom is 0.267 e. The van der Waals surface area contributed by atoms with Crippen LogP contribution in [-0.4, -0.2) is 20.9 Å². The minimum absolute atomic E-state index is 0.0819. The summed E-state index contributed by atoms with van der Waals surface area (Å²) in [4.78, 5) is 20.4. The van der Waals surface area contributed by atoms with E-state index in [-0.39, 0.29) is 23.4 Å². The second kappa shape index (κ2) is 6.67. The Morgan fingerprint density at radius 2 is 2.23 bits per heavy atom. The number of hydrogen-bond donors (Lipinski definition) is 0. The van der Waals surface area contributed by atoms with Crippen LogP contribution in [0.2, 0.25) is 0 Å². The van der Waals surface area contributed by atoms with E-state index in [1.807, 2.05) is 0 Å². The number of aromatic nitrogens is 3.